The molecule has 0 spiro atoms. The van der Waals surface area contributed by atoms with Gasteiger partial charge in [0.2, 0.25) is 0 Å². The Morgan fingerprint density at radius 3 is 1.85 bits per heavy atom. The van der Waals surface area contributed by atoms with Crippen molar-refractivity contribution in [2.45, 2.75) is 80.1 Å². The second kappa shape index (κ2) is 14.0. The molecule has 0 unspecified atom stereocenters. The number of fused-ring (bicyclic) bond motifs is 9. The molecule has 0 bridgehead atoms. The highest BCUT2D eigenvalue weighted by atomic mass is 16.3. The van der Waals surface area contributed by atoms with Gasteiger partial charge >= 0.3 is 0 Å². The Morgan fingerprint density at radius 2 is 1.17 bits per heavy atom. The Morgan fingerprint density at radius 1 is 0.535 bits per heavy atom. The molecular formula is C66H56BN3O. The van der Waals surface area contributed by atoms with Gasteiger partial charge in [0.1, 0.15) is 11.0 Å². The molecule has 8 aromatic carbocycles. The number of rotatable bonds is 4. The van der Waals surface area contributed by atoms with Crippen molar-refractivity contribution in [1.82, 2.24) is 8.97 Å². The summed E-state index contributed by atoms with van der Waals surface area (Å²) >= 11 is 0. The maximum Gasteiger partial charge on any atom is 0.252 e. The van der Waals surface area contributed by atoms with Crippen molar-refractivity contribution in [3.8, 4) is 5.69 Å². The van der Waals surface area contributed by atoms with Crippen molar-refractivity contribution in [2.75, 3.05) is 4.90 Å². The van der Waals surface area contributed by atoms with Crippen LogP contribution < -0.4 is 31.9 Å². The number of furan rings is 1. The summed E-state index contributed by atoms with van der Waals surface area (Å²) in [6, 6.07) is 48.6. The van der Waals surface area contributed by atoms with Crippen LogP contribution >= 0.6 is 0 Å². The molecular weight excluding hydrogens is 862 g/mol. The number of anilines is 3. The smallest absolute Gasteiger partial charge is 0.252 e. The van der Waals surface area contributed by atoms with Gasteiger partial charge in [-0.25, -0.2) is 0 Å². The number of hydrogen-bond acceptors (Lipinski definition) is 2. The van der Waals surface area contributed by atoms with Crippen LogP contribution in [0.15, 0.2) is 144 Å². The minimum atomic E-state index is -0.0702. The van der Waals surface area contributed by atoms with E-state index < -0.39 is 0 Å². The molecule has 4 aromatic heterocycles. The maximum atomic E-state index is 6.55. The van der Waals surface area contributed by atoms with E-state index in [-0.39, 0.29) is 17.5 Å². The highest BCUT2D eigenvalue weighted by Crippen LogP contribution is 2.49. The van der Waals surface area contributed by atoms with Crippen LogP contribution in [0.2, 0.25) is 0 Å². The van der Waals surface area contributed by atoms with Crippen LogP contribution in [0, 0.1) is 27.7 Å². The minimum Gasteiger partial charge on any atom is -0.455 e. The first-order chi connectivity index (χ1) is 34.0. The molecule has 2 aliphatic rings. The monoisotopic (exact) mass is 917 g/mol. The van der Waals surface area contributed by atoms with Gasteiger partial charge in [-0.1, -0.05) is 134 Å². The van der Waals surface area contributed by atoms with E-state index in [1.807, 2.05) is 24.3 Å². The summed E-state index contributed by atoms with van der Waals surface area (Å²) in [6.07, 6.45) is 1.93. The Bertz CT molecular complexity index is 4480. The highest BCUT2D eigenvalue weighted by molar-refractivity contribution is 7.01. The second-order valence-corrected chi connectivity index (χ2v) is 22.9. The summed E-state index contributed by atoms with van der Waals surface area (Å²) in [5, 5.41) is 9.82. The third kappa shape index (κ3) is 5.47. The molecule has 0 aliphatic carbocycles. The molecule has 4 nitrogen and oxygen atoms in total. The first kappa shape index (κ1) is 42.2. The Balaban J connectivity index is 1.14. The molecule has 0 saturated carbocycles. The lowest BCUT2D eigenvalue weighted by atomic mass is 9.33. The van der Waals surface area contributed by atoms with E-state index in [0.717, 1.165) is 32.7 Å². The molecule has 0 atom stereocenters. The van der Waals surface area contributed by atoms with E-state index in [1.165, 1.54) is 132 Å². The Hall–Kier alpha value is -7.76. The van der Waals surface area contributed by atoms with Crippen LogP contribution in [-0.4, -0.2) is 15.7 Å². The molecule has 0 amide bonds. The lowest BCUT2D eigenvalue weighted by molar-refractivity contribution is 0.573. The molecule has 14 rings (SSSR count). The fraction of sp³-hybridized carbons (Fsp3) is 0.182. The molecule has 0 fully saturated rings. The quantitative estimate of drug-likeness (QED) is 0.164. The summed E-state index contributed by atoms with van der Waals surface area (Å²) in [5.74, 6) is 0. The van der Waals surface area contributed by atoms with Gasteiger partial charge < -0.3 is 18.3 Å². The van der Waals surface area contributed by atoms with Crippen molar-refractivity contribution in [3.05, 3.63) is 190 Å². The van der Waals surface area contributed by atoms with Crippen molar-refractivity contribution < 1.29 is 4.42 Å². The molecule has 12 aromatic rings. The van der Waals surface area contributed by atoms with E-state index in [4.69, 9.17) is 4.42 Å². The number of allylic oxidation sites excluding steroid dienone is 1. The van der Waals surface area contributed by atoms with Gasteiger partial charge in [0.05, 0.1) is 33.4 Å². The summed E-state index contributed by atoms with van der Waals surface area (Å²) in [4.78, 5) is 2.63. The van der Waals surface area contributed by atoms with E-state index >= 15 is 0 Å². The van der Waals surface area contributed by atoms with Gasteiger partial charge in [0, 0.05) is 65.4 Å². The largest absolute Gasteiger partial charge is 0.455 e. The van der Waals surface area contributed by atoms with Crippen LogP contribution in [0.4, 0.5) is 17.1 Å². The summed E-state index contributed by atoms with van der Waals surface area (Å²) < 4.78 is 11.8. The lowest BCUT2D eigenvalue weighted by Crippen LogP contribution is -2.59. The minimum absolute atomic E-state index is 0.0141. The predicted octanol–water partition coefficient (Wildman–Crippen LogP) is 13.9. The Kier molecular flexibility index (Phi) is 8.30. The fourth-order valence-corrected chi connectivity index (χ4v) is 13.2. The van der Waals surface area contributed by atoms with E-state index in [2.05, 4.69) is 205 Å². The third-order valence-electron chi connectivity index (χ3n) is 16.5. The third-order valence-corrected chi connectivity index (χ3v) is 16.5. The summed E-state index contributed by atoms with van der Waals surface area (Å²) in [5.41, 5.74) is 26.5. The summed E-state index contributed by atoms with van der Waals surface area (Å²) in [7, 11) is 0. The normalized spacial score (nSPS) is 14.1. The SMILES string of the molecule is C=C/C(c1cc(C)c(N2c3cc4c(cc3B3c5cc(C(C)(C)C)cc6c7cc(C(C)(C)C)cc8c9ccc2c3c9n(c56)c78)c2ccccc2n4-c2c(C)cccc2C)c(C)c1)=c1/oc2ccccc2c1=C. The van der Waals surface area contributed by atoms with E-state index in [0.29, 0.717) is 0 Å². The van der Waals surface area contributed by atoms with Crippen LogP contribution in [0.5, 0.6) is 0 Å². The topological polar surface area (TPSA) is 25.7 Å². The number of para-hydroxylation sites is 3. The molecule has 71 heavy (non-hydrogen) atoms. The lowest BCUT2D eigenvalue weighted by Gasteiger charge is -2.40. The van der Waals surface area contributed by atoms with Crippen molar-refractivity contribution >= 4 is 123 Å². The fourth-order valence-electron chi connectivity index (χ4n) is 13.2. The molecule has 0 radical (unpaired) electrons. The maximum absolute atomic E-state index is 6.55. The first-order valence-electron chi connectivity index (χ1n) is 25.3. The predicted molar refractivity (Wildman–Crippen MR) is 305 cm³/mol. The van der Waals surface area contributed by atoms with E-state index in [9.17, 15) is 0 Å². The zero-order chi connectivity index (χ0) is 48.9. The number of hydrogen-bond donors (Lipinski definition) is 0. The van der Waals surface area contributed by atoms with Gasteiger partial charge in [-0.05, 0) is 148 Å². The van der Waals surface area contributed by atoms with Gasteiger partial charge in [-0.3, -0.25) is 0 Å². The van der Waals surface area contributed by atoms with Gasteiger partial charge in [0.15, 0.2) is 0 Å². The van der Waals surface area contributed by atoms with Crippen LogP contribution in [-0.2, 0) is 10.8 Å². The van der Waals surface area contributed by atoms with Gasteiger partial charge in [-0.2, -0.15) is 0 Å². The highest BCUT2D eigenvalue weighted by Gasteiger charge is 2.44. The molecule has 0 saturated heterocycles. The van der Waals surface area contributed by atoms with Gasteiger partial charge in [0.25, 0.3) is 6.71 Å². The van der Waals surface area contributed by atoms with E-state index in [1.54, 1.807) is 0 Å². The van der Waals surface area contributed by atoms with Crippen LogP contribution in [0.1, 0.15) is 80.5 Å². The molecule has 2 aliphatic heterocycles. The van der Waals surface area contributed by atoms with Crippen molar-refractivity contribution in [3.63, 3.8) is 0 Å². The molecule has 5 heteroatoms. The first-order valence-corrected chi connectivity index (χ1v) is 25.3. The van der Waals surface area contributed by atoms with Crippen LogP contribution in [0.25, 0.3) is 88.7 Å². The number of benzene rings is 8. The molecule has 344 valence electrons. The Labute approximate surface area is 414 Å². The molecule has 0 N–H and O–H groups in total. The summed E-state index contributed by atoms with van der Waals surface area (Å²) in [6.45, 7) is 32.1. The number of aromatic nitrogens is 2. The second-order valence-electron chi connectivity index (χ2n) is 22.9. The number of nitrogens with zero attached hydrogens (tertiary/aromatic N) is 3. The molecule has 6 heterocycles. The average molecular weight is 918 g/mol. The van der Waals surface area contributed by atoms with Gasteiger partial charge in [-0.15, -0.1) is 0 Å². The zero-order valence-corrected chi connectivity index (χ0v) is 42.4. The van der Waals surface area contributed by atoms with Crippen molar-refractivity contribution in [2.24, 2.45) is 0 Å². The average Bonchev–Trinajstić information content (AvgIpc) is 4.06. The van der Waals surface area contributed by atoms with Crippen LogP contribution in [0.3, 0.4) is 0 Å². The standard InChI is InChI=1S/C66H56BN3O/c1-13-43(64-39(6)44-21-15-17-24-57(44)71-64)40-27-37(4)60(38(5)28-40)69-54-26-25-46-48-29-41(65(7,8)9)30-49-50-31-42(66(10,11)12)32-52-62(50)70(61(48)49)63(46)58(54)67(52)51-33-47-45-22-14-16-23-53(45)68(55(47)34-56(51)69)59-35(2)19-18-20-36(59)3/h13-34H,1,6H2,2-5,7-12H3/b64-43-. The van der Waals surface area contributed by atoms with Crippen molar-refractivity contribution in [1.29, 1.82) is 0 Å². The zero-order valence-electron chi connectivity index (χ0n) is 42.4. The number of aryl methyl sites for hydroxylation is 4.